The van der Waals surface area contributed by atoms with Gasteiger partial charge in [-0.3, -0.25) is 4.79 Å². The summed E-state index contributed by atoms with van der Waals surface area (Å²) in [7, 11) is 0.427. The third-order valence-corrected chi connectivity index (χ3v) is 9.06. The fraction of sp³-hybridized carbons (Fsp3) is 0.476. The number of rotatable bonds is 8. The normalized spacial score (nSPS) is 16.5. The van der Waals surface area contributed by atoms with Crippen molar-refractivity contribution in [1.29, 1.82) is 0 Å². The molecule has 1 aromatic heterocycles. The molecular weight excluding hydrogens is 442 g/mol. The van der Waals surface area contributed by atoms with Crippen LogP contribution >= 0.6 is 22.9 Å². The number of benzene rings is 1. The first-order valence-corrected chi connectivity index (χ1v) is 12.7. The Balaban J connectivity index is 1.61. The fourth-order valence-corrected chi connectivity index (χ4v) is 6.86. The monoisotopic (exact) mass is 469 g/mol. The number of nitrogens with one attached hydrogen (secondary N) is 1. The quantitative estimate of drug-likeness (QED) is 0.642. The molecule has 2 heterocycles. The third-order valence-electron chi connectivity index (χ3n) is 5.26. The van der Waals surface area contributed by atoms with Crippen molar-refractivity contribution >= 4 is 38.9 Å². The molecule has 0 radical (unpaired) electrons. The van der Waals surface area contributed by atoms with Crippen LogP contribution in [0.1, 0.15) is 35.7 Å². The Kier molecular flexibility index (Phi) is 7.92. The number of likely N-dealkylation sites (N-methyl/N-ethyl adjacent to an activating group) is 1. The minimum absolute atomic E-state index is 0.0546. The summed E-state index contributed by atoms with van der Waals surface area (Å²) in [6.07, 6.45) is 3.03. The van der Waals surface area contributed by atoms with Gasteiger partial charge in [-0.25, -0.2) is 8.42 Å². The Morgan fingerprint density at radius 1 is 1.17 bits per heavy atom. The van der Waals surface area contributed by atoms with Crippen LogP contribution in [0.4, 0.5) is 0 Å². The maximum Gasteiger partial charge on any atom is 0.252 e. The van der Waals surface area contributed by atoms with Crippen molar-refractivity contribution < 1.29 is 13.2 Å². The van der Waals surface area contributed by atoms with Crippen LogP contribution in [0.2, 0.25) is 5.02 Å². The van der Waals surface area contributed by atoms with Crippen molar-refractivity contribution in [2.24, 2.45) is 0 Å². The average molecular weight is 470 g/mol. The lowest BCUT2D eigenvalue weighted by Crippen LogP contribution is -2.35. The van der Waals surface area contributed by atoms with E-state index in [0.29, 0.717) is 28.9 Å². The van der Waals surface area contributed by atoms with Crippen molar-refractivity contribution in [2.75, 3.05) is 33.7 Å². The zero-order chi connectivity index (χ0) is 21.7. The minimum atomic E-state index is -3.46. The van der Waals surface area contributed by atoms with Crippen LogP contribution < -0.4 is 5.32 Å². The first kappa shape index (κ1) is 23.2. The molecule has 0 saturated carbocycles. The van der Waals surface area contributed by atoms with Gasteiger partial charge in [-0.15, -0.1) is 11.3 Å². The van der Waals surface area contributed by atoms with Crippen molar-refractivity contribution in [3.63, 3.8) is 0 Å². The number of halogens is 1. The predicted molar refractivity (Wildman–Crippen MR) is 122 cm³/mol. The molecule has 1 aliphatic rings. The topological polar surface area (TPSA) is 69.7 Å². The van der Waals surface area contributed by atoms with Crippen molar-refractivity contribution in [3.05, 3.63) is 51.9 Å². The van der Waals surface area contributed by atoms with E-state index in [0.717, 1.165) is 29.7 Å². The number of carbonyl (C=O) groups is 1. The first-order valence-electron chi connectivity index (χ1n) is 10.1. The van der Waals surface area contributed by atoms with E-state index in [1.165, 1.54) is 11.3 Å². The Hall–Kier alpha value is -1.45. The molecule has 1 fully saturated rings. The molecule has 1 saturated heterocycles. The highest BCUT2D eigenvalue weighted by Gasteiger charge is 2.27. The molecule has 164 valence electrons. The van der Waals surface area contributed by atoms with Crippen molar-refractivity contribution in [1.82, 2.24) is 14.5 Å². The van der Waals surface area contributed by atoms with Gasteiger partial charge >= 0.3 is 0 Å². The molecule has 1 aliphatic heterocycles. The number of thiophene rings is 1. The zero-order valence-corrected chi connectivity index (χ0v) is 19.7. The summed E-state index contributed by atoms with van der Waals surface area (Å²) in [6, 6.07) is 10.9. The van der Waals surface area contributed by atoms with Gasteiger partial charge in [0.1, 0.15) is 4.21 Å². The van der Waals surface area contributed by atoms with Gasteiger partial charge in [0.15, 0.2) is 0 Å². The van der Waals surface area contributed by atoms with Gasteiger partial charge in [0, 0.05) is 29.5 Å². The molecule has 9 heteroatoms. The molecular formula is C21H28ClN3O3S2. The van der Waals surface area contributed by atoms with Gasteiger partial charge < -0.3 is 10.2 Å². The lowest BCUT2D eigenvalue weighted by atomic mass is 10.1. The highest BCUT2D eigenvalue weighted by molar-refractivity contribution is 7.91. The van der Waals surface area contributed by atoms with Crippen LogP contribution in [0.3, 0.4) is 0 Å². The predicted octanol–water partition coefficient (Wildman–Crippen LogP) is 3.54. The summed E-state index contributed by atoms with van der Waals surface area (Å²) in [5, 5.41) is 3.62. The summed E-state index contributed by atoms with van der Waals surface area (Å²) in [5.74, 6) is -0.141. The summed E-state index contributed by atoms with van der Waals surface area (Å²) in [4.78, 5) is 15.2. The van der Waals surface area contributed by atoms with Crippen LogP contribution in [0.15, 0.2) is 40.6 Å². The summed E-state index contributed by atoms with van der Waals surface area (Å²) in [6.45, 7) is 1.56. The number of hydrogen-bond acceptors (Lipinski definition) is 5. The number of sulfonamides is 1. The highest BCUT2D eigenvalue weighted by atomic mass is 35.5. The third kappa shape index (κ3) is 5.62. The molecule has 0 spiro atoms. The van der Waals surface area contributed by atoms with Crippen LogP contribution in [-0.2, 0) is 21.2 Å². The Bertz CT molecular complexity index is 969. The number of carbonyl (C=O) groups excluding carboxylic acids is 1. The van der Waals surface area contributed by atoms with E-state index in [-0.39, 0.29) is 18.4 Å². The zero-order valence-electron chi connectivity index (χ0n) is 17.3. The molecule has 0 aliphatic carbocycles. The maximum absolute atomic E-state index is 12.8. The molecule has 1 aromatic carbocycles. The van der Waals surface area contributed by atoms with Gasteiger partial charge in [0.05, 0.1) is 12.5 Å². The largest absolute Gasteiger partial charge is 0.354 e. The molecule has 0 bridgehead atoms. The number of piperidine rings is 1. The maximum atomic E-state index is 12.8. The Morgan fingerprint density at radius 3 is 2.53 bits per heavy atom. The molecule has 2 aromatic rings. The van der Waals surface area contributed by atoms with Gasteiger partial charge in [-0.2, -0.15) is 4.31 Å². The minimum Gasteiger partial charge on any atom is -0.354 e. The number of hydrogen-bond donors (Lipinski definition) is 1. The second-order valence-electron chi connectivity index (χ2n) is 7.67. The Morgan fingerprint density at radius 2 is 1.87 bits per heavy atom. The van der Waals surface area contributed by atoms with Crippen LogP contribution in [0, 0.1) is 0 Å². The number of amides is 1. The molecule has 1 unspecified atom stereocenters. The first-order chi connectivity index (χ1) is 14.3. The summed E-state index contributed by atoms with van der Waals surface area (Å²) < 4.78 is 27.4. The van der Waals surface area contributed by atoms with E-state index in [1.54, 1.807) is 16.4 Å². The number of nitrogens with zero attached hydrogens (tertiary/aromatic N) is 2. The summed E-state index contributed by atoms with van der Waals surface area (Å²) >= 11 is 7.50. The van der Waals surface area contributed by atoms with Crippen LogP contribution in [-0.4, -0.2) is 57.3 Å². The molecule has 30 heavy (non-hydrogen) atoms. The van der Waals surface area contributed by atoms with E-state index in [4.69, 9.17) is 11.6 Å². The molecule has 1 amide bonds. The van der Waals surface area contributed by atoms with E-state index in [1.807, 2.05) is 43.3 Å². The van der Waals surface area contributed by atoms with Gasteiger partial charge in [0.2, 0.25) is 5.91 Å². The highest BCUT2D eigenvalue weighted by Crippen LogP contribution is 2.28. The van der Waals surface area contributed by atoms with Gasteiger partial charge in [-0.1, -0.05) is 36.2 Å². The standard InChI is InChI=1S/C21H28ClN3O3S2/c1-24(2)19(17-8-4-5-9-18(17)22)15-23-20(26)14-16-10-11-21(29-16)30(27,28)25-12-6-3-7-13-25/h4-5,8-11,19H,3,6-7,12-15H2,1-2H3,(H,23,26). The van der Waals surface area contributed by atoms with Gasteiger partial charge in [-0.05, 0) is 50.7 Å². The van der Waals surface area contributed by atoms with E-state index >= 15 is 0 Å². The second-order valence-corrected chi connectivity index (χ2v) is 11.4. The fourth-order valence-electron chi connectivity index (χ4n) is 3.57. The molecule has 1 N–H and O–H groups in total. The van der Waals surface area contributed by atoms with Gasteiger partial charge in [0.25, 0.3) is 10.0 Å². The second kappa shape index (κ2) is 10.2. The van der Waals surface area contributed by atoms with E-state index in [2.05, 4.69) is 5.32 Å². The summed E-state index contributed by atoms with van der Waals surface area (Å²) in [5.41, 5.74) is 0.954. The van der Waals surface area contributed by atoms with Crippen molar-refractivity contribution in [2.45, 2.75) is 35.9 Å². The molecule has 1 atom stereocenters. The van der Waals surface area contributed by atoms with Crippen LogP contribution in [0.5, 0.6) is 0 Å². The average Bonchev–Trinajstić information content (AvgIpc) is 3.19. The Labute approximate surface area is 187 Å². The SMILES string of the molecule is CN(C)C(CNC(=O)Cc1ccc(S(=O)(=O)N2CCCCC2)s1)c1ccccc1Cl. The van der Waals surface area contributed by atoms with E-state index in [9.17, 15) is 13.2 Å². The lowest BCUT2D eigenvalue weighted by molar-refractivity contribution is -0.120. The molecule has 3 rings (SSSR count). The smallest absolute Gasteiger partial charge is 0.252 e. The molecule has 6 nitrogen and oxygen atoms in total. The lowest BCUT2D eigenvalue weighted by Gasteiger charge is -2.26. The van der Waals surface area contributed by atoms with E-state index < -0.39 is 10.0 Å². The van der Waals surface area contributed by atoms with Crippen molar-refractivity contribution in [3.8, 4) is 0 Å². The van der Waals surface area contributed by atoms with Crippen LogP contribution in [0.25, 0.3) is 0 Å².